The van der Waals surface area contributed by atoms with Gasteiger partial charge in [0.15, 0.2) is 4.73 Å². The molecule has 0 radical (unpaired) electrons. The van der Waals surface area contributed by atoms with E-state index in [1.165, 1.54) is 0 Å². The first-order chi connectivity index (χ1) is 11.1. The summed E-state index contributed by atoms with van der Waals surface area (Å²) in [6.07, 6.45) is 2.10. The number of carbonyl (C=O) groups is 1. The lowest BCUT2D eigenvalue weighted by atomic mass is 10.1. The van der Waals surface area contributed by atoms with Crippen LogP contribution in [0, 0.1) is 0 Å². The van der Waals surface area contributed by atoms with Gasteiger partial charge in [0.1, 0.15) is 5.75 Å². The van der Waals surface area contributed by atoms with Crippen LogP contribution in [0.15, 0.2) is 29.0 Å². The number of carbonyl (C=O) groups excluding carboxylic acids is 1. The van der Waals surface area contributed by atoms with E-state index < -0.39 is 0 Å². The lowest BCUT2D eigenvalue weighted by molar-refractivity contribution is -0.132. The van der Waals surface area contributed by atoms with Crippen LogP contribution in [0.4, 0.5) is 0 Å². The minimum Gasteiger partial charge on any atom is -0.497 e. The van der Waals surface area contributed by atoms with E-state index in [4.69, 9.17) is 4.74 Å². The Morgan fingerprint density at radius 2 is 2.09 bits per heavy atom. The van der Waals surface area contributed by atoms with Crippen LogP contribution in [0.25, 0.3) is 0 Å². The molecule has 0 spiro atoms. The average molecular weight is 378 g/mol. The van der Waals surface area contributed by atoms with Crippen molar-refractivity contribution in [1.82, 2.24) is 14.5 Å². The lowest BCUT2D eigenvalue weighted by Crippen LogP contribution is -2.36. The summed E-state index contributed by atoms with van der Waals surface area (Å²) in [5.74, 6) is 1.04. The summed E-state index contributed by atoms with van der Waals surface area (Å²) >= 11 is 3.44. The van der Waals surface area contributed by atoms with Gasteiger partial charge >= 0.3 is 0 Å². The minimum atomic E-state index is 0.198. The number of fused-ring (bicyclic) bond motifs is 1. The van der Waals surface area contributed by atoms with E-state index in [2.05, 4.69) is 20.9 Å². The van der Waals surface area contributed by atoms with Gasteiger partial charge in [-0.25, -0.2) is 4.98 Å². The van der Waals surface area contributed by atoms with Gasteiger partial charge in [0.25, 0.3) is 0 Å². The Labute approximate surface area is 144 Å². The van der Waals surface area contributed by atoms with Crippen molar-refractivity contribution in [3.63, 3.8) is 0 Å². The van der Waals surface area contributed by atoms with Gasteiger partial charge in [0.2, 0.25) is 5.91 Å². The molecule has 0 saturated heterocycles. The SMILES string of the molecule is COc1ccc(CCC(=O)N2CCc3nc(Br)n(C)c3C2)cc1. The molecule has 2 heterocycles. The zero-order valence-corrected chi connectivity index (χ0v) is 15.0. The summed E-state index contributed by atoms with van der Waals surface area (Å²) in [5, 5.41) is 0. The van der Waals surface area contributed by atoms with E-state index in [0.717, 1.165) is 46.8 Å². The third-order valence-electron chi connectivity index (χ3n) is 4.34. The molecule has 5 nitrogen and oxygen atoms in total. The Bertz CT molecular complexity index is 709. The highest BCUT2D eigenvalue weighted by molar-refractivity contribution is 9.10. The van der Waals surface area contributed by atoms with Gasteiger partial charge in [0.05, 0.1) is 25.0 Å². The second kappa shape index (κ2) is 6.74. The third-order valence-corrected chi connectivity index (χ3v) is 5.05. The molecule has 0 fully saturated rings. The molecule has 1 aliphatic heterocycles. The number of nitrogens with zero attached hydrogens (tertiary/aromatic N) is 3. The van der Waals surface area contributed by atoms with Gasteiger partial charge in [-0.2, -0.15) is 0 Å². The van der Waals surface area contributed by atoms with E-state index in [1.54, 1.807) is 7.11 Å². The molecule has 0 unspecified atom stereocenters. The number of halogens is 1. The summed E-state index contributed by atoms with van der Waals surface area (Å²) in [6.45, 7) is 1.39. The van der Waals surface area contributed by atoms with Crippen molar-refractivity contribution >= 4 is 21.8 Å². The Kier molecular flexibility index (Phi) is 4.71. The first-order valence-electron chi connectivity index (χ1n) is 7.69. The summed E-state index contributed by atoms with van der Waals surface area (Å²) in [7, 11) is 3.63. The van der Waals surface area contributed by atoms with Crippen LogP contribution in [0.1, 0.15) is 23.4 Å². The van der Waals surface area contributed by atoms with Crippen LogP contribution in [0.5, 0.6) is 5.75 Å². The molecule has 0 N–H and O–H groups in total. The number of hydrogen-bond acceptors (Lipinski definition) is 3. The smallest absolute Gasteiger partial charge is 0.223 e. The Morgan fingerprint density at radius 1 is 1.35 bits per heavy atom. The first-order valence-corrected chi connectivity index (χ1v) is 8.48. The predicted molar refractivity (Wildman–Crippen MR) is 91.3 cm³/mol. The molecule has 0 saturated carbocycles. The number of aryl methyl sites for hydroxylation is 1. The van der Waals surface area contributed by atoms with Crippen LogP contribution in [0.3, 0.4) is 0 Å². The second-order valence-corrected chi connectivity index (χ2v) is 6.46. The quantitative estimate of drug-likeness (QED) is 0.822. The molecule has 0 atom stereocenters. The minimum absolute atomic E-state index is 0.198. The molecule has 1 aromatic heterocycles. The molecule has 122 valence electrons. The Hall–Kier alpha value is -1.82. The van der Waals surface area contributed by atoms with Gasteiger partial charge in [0, 0.05) is 26.4 Å². The number of ether oxygens (including phenoxy) is 1. The van der Waals surface area contributed by atoms with E-state index >= 15 is 0 Å². The summed E-state index contributed by atoms with van der Waals surface area (Å²) in [4.78, 5) is 18.9. The molecule has 3 rings (SSSR count). The largest absolute Gasteiger partial charge is 0.497 e. The van der Waals surface area contributed by atoms with Gasteiger partial charge in [-0.1, -0.05) is 12.1 Å². The van der Waals surface area contributed by atoms with Gasteiger partial charge < -0.3 is 14.2 Å². The maximum absolute atomic E-state index is 12.5. The molecular formula is C17H20BrN3O2. The molecule has 0 bridgehead atoms. The fraction of sp³-hybridized carbons (Fsp3) is 0.412. The Morgan fingerprint density at radius 3 is 2.78 bits per heavy atom. The molecular weight excluding hydrogens is 358 g/mol. The predicted octanol–water partition coefficient (Wildman–Crippen LogP) is 2.71. The number of amides is 1. The number of hydrogen-bond donors (Lipinski definition) is 0. The molecule has 0 aliphatic carbocycles. The first kappa shape index (κ1) is 16.1. The molecule has 2 aromatic rings. The normalized spacial score (nSPS) is 13.8. The molecule has 6 heteroatoms. The molecule has 1 aliphatic rings. The zero-order chi connectivity index (χ0) is 16.4. The van der Waals surface area contributed by atoms with Gasteiger partial charge in [-0.05, 0) is 40.0 Å². The van der Waals surface area contributed by atoms with E-state index in [0.29, 0.717) is 13.0 Å². The molecule has 23 heavy (non-hydrogen) atoms. The fourth-order valence-corrected chi connectivity index (χ4v) is 3.30. The number of imidazole rings is 1. The summed E-state index contributed by atoms with van der Waals surface area (Å²) < 4.78 is 7.99. The number of methoxy groups -OCH3 is 1. The van der Waals surface area contributed by atoms with Crippen LogP contribution >= 0.6 is 15.9 Å². The highest BCUT2D eigenvalue weighted by Crippen LogP contribution is 2.23. The fourth-order valence-electron chi connectivity index (χ4n) is 2.87. The van der Waals surface area contributed by atoms with Crippen molar-refractivity contribution in [2.75, 3.05) is 13.7 Å². The van der Waals surface area contributed by atoms with Crippen molar-refractivity contribution < 1.29 is 9.53 Å². The number of benzene rings is 1. The number of rotatable bonds is 4. The second-order valence-electron chi connectivity index (χ2n) is 5.75. The summed E-state index contributed by atoms with van der Waals surface area (Å²) in [5.41, 5.74) is 3.37. The maximum Gasteiger partial charge on any atom is 0.223 e. The highest BCUT2D eigenvalue weighted by Gasteiger charge is 2.24. The van der Waals surface area contributed by atoms with E-state index in [1.807, 2.05) is 40.8 Å². The van der Waals surface area contributed by atoms with Crippen molar-refractivity contribution in [3.05, 3.63) is 46.0 Å². The monoisotopic (exact) mass is 377 g/mol. The molecule has 1 amide bonds. The van der Waals surface area contributed by atoms with E-state index in [9.17, 15) is 4.79 Å². The average Bonchev–Trinajstić information content (AvgIpc) is 2.87. The van der Waals surface area contributed by atoms with Crippen LogP contribution in [0.2, 0.25) is 0 Å². The topological polar surface area (TPSA) is 47.4 Å². The van der Waals surface area contributed by atoms with Crippen LogP contribution in [-0.2, 0) is 31.2 Å². The van der Waals surface area contributed by atoms with Crippen LogP contribution < -0.4 is 4.74 Å². The lowest BCUT2D eigenvalue weighted by Gasteiger charge is -2.27. The highest BCUT2D eigenvalue weighted by atomic mass is 79.9. The third kappa shape index (κ3) is 3.42. The summed E-state index contributed by atoms with van der Waals surface area (Å²) in [6, 6.07) is 7.89. The molecule has 1 aromatic carbocycles. The Balaban J connectivity index is 1.59. The van der Waals surface area contributed by atoms with Crippen molar-refractivity contribution in [2.24, 2.45) is 7.05 Å². The van der Waals surface area contributed by atoms with Gasteiger partial charge in [-0.3, -0.25) is 4.79 Å². The van der Waals surface area contributed by atoms with Gasteiger partial charge in [-0.15, -0.1) is 0 Å². The van der Waals surface area contributed by atoms with Crippen molar-refractivity contribution in [1.29, 1.82) is 0 Å². The zero-order valence-electron chi connectivity index (χ0n) is 13.4. The number of aromatic nitrogens is 2. The standard InChI is InChI=1S/C17H20BrN3O2/c1-20-15-11-21(10-9-14(15)19-17(20)18)16(22)8-5-12-3-6-13(23-2)7-4-12/h3-4,6-7H,5,8-11H2,1-2H3. The maximum atomic E-state index is 12.5. The van der Waals surface area contributed by atoms with Crippen LogP contribution in [-0.4, -0.2) is 34.0 Å². The van der Waals surface area contributed by atoms with Crippen molar-refractivity contribution in [3.8, 4) is 5.75 Å². The van der Waals surface area contributed by atoms with E-state index in [-0.39, 0.29) is 5.91 Å². The van der Waals surface area contributed by atoms with Crippen molar-refractivity contribution in [2.45, 2.75) is 25.8 Å².